The Bertz CT molecular complexity index is 472. The molecule has 0 spiro atoms. The SMILES string of the molecule is CC1(C)CCNc2c1cc(C(C)(O)CO)nc2Cl. The average molecular weight is 271 g/mol. The summed E-state index contributed by atoms with van der Waals surface area (Å²) in [5.74, 6) is 0. The molecule has 0 aromatic carbocycles. The molecule has 1 aromatic rings. The van der Waals surface area contributed by atoms with Gasteiger partial charge in [0.2, 0.25) is 0 Å². The van der Waals surface area contributed by atoms with Crippen molar-refractivity contribution in [1.29, 1.82) is 0 Å². The fourth-order valence-electron chi connectivity index (χ4n) is 2.21. The van der Waals surface area contributed by atoms with Crippen LogP contribution < -0.4 is 5.32 Å². The molecule has 2 heterocycles. The molecule has 0 bridgehead atoms. The van der Waals surface area contributed by atoms with Crippen molar-refractivity contribution in [2.75, 3.05) is 18.5 Å². The highest BCUT2D eigenvalue weighted by atomic mass is 35.5. The van der Waals surface area contributed by atoms with Crippen molar-refractivity contribution in [1.82, 2.24) is 4.98 Å². The van der Waals surface area contributed by atoms with Crippen LogP contribution in [0.5, 0.6) is 0 Å². The van der Waals surface area contributed by atoms with Gasteiger partial charge in [0, 0.05) is 6.54 Å². The van der Waals surface area contributed by atoms with Gasteiger partial charge < -0.3 is 15.5 Å². The van der Waals surface area contributed by atoms with Gasteiger partial charge in [0.25, 0.3) is 0 Å². The number of aromatic nitrogens is 1. The predicted octanol–water partition coefficient (Wildman–Crippen LogP) is 2.03. The van der Waals surface area contributed by atoms with Gasteiger partial charge in [-0.05, 0) is 30.4 Å². The normalized spacial score (nSPS) is 20.8. The number of hydrogen-bond donors (Lipinski definition) is 3. The van der Waals surface area contributed by atoms with E-state index < -0.39 is 5.60 Å². The molecule has 0 saturated heterocycles. The van der Waals surface area contributed by atoms with Crippen molar-refractivity contribution >= 4 is 17.3 Å². The number of nitrogens with zero attached hydrogens (tertiary/aromatic N) is 1. The first kappa shape index (κ1) is 13.6. The highest BCUT2D eigenvalue weighted by Crippen LogP contribution is 2.41. The van der Waals surface area contributed by atoms with E-state index in [2.05, 4.69) is 24.1 Å². The van der Waals surface area contributed by atoms with Crippen LogP contribution in [0.4, 0.5) is 5.69 Å². The molecule has 1 aliphatic rings. The minimum absolute atomic E-state index is 0.0204. The summed E-state index contributed by atoms with van der Waals surface area (Å²) in [4.78, 5) is 4.19. The summed E-state index contributed by atoms with van der Waals surface area (Å²) in [6, 6.07) is 1.84. The maximum Gasteiger partial charge on any atom is 0.152 e. The van der Waals surface area contributed by atoms with Gasteiger partial charge in [-0.3, -0.25) is 0 Å². The summed E-state index contributed by atoms with van der Waals surface area (Å²) in [6.07, 6.45) is 0.987. The highest BCUT2D eigenvalue weighted by molar-refractivity contribution is 6.32. The molecule has 2 rings (SSSR count). The molecule has 1 aromatic heterocycles. The molecule has 3 N–H and O–H groups in total. The van der Waals surface area contributed by atoms with Crippen LogP contribution >= 0.6 is 11.6 Å². The Morgan fingerprint density at radius 2 is 2.22 bits per heavy atom. The Balaban J connectivity index is 2.60. The van der Waals surface area contributed by atoms with E-state index in [-0.39, 0.29) is 12.0 Å². The van der Waals surface area contributed by atoms with Gasteiger partial charge in [-0.15, -0.1) is 0 Å². The number of fused-ring (bicyclic) bond motifs is 1. The van der Waals surface area contributed by atoms with E-state index >= 15 is 0 Å². The van der Waals surface area contributed by atoms with Crippen LogP contribution in [0.1, 0.15) is 38.4 Å². The van der Waals surface area contributed by atoms with Crippen molar-refractivity contribution in [2.24, 2.45) is 0 Å². The van der Waals surface area contributed by atoms with E-state index in [1.165, 1.54) is 6.92 Å². The van der Waals surface area contributed by atoms with Crippen LogP contribution in [0.2, 0.25) is 5.15 Å². The molecule has 4 nitrogen and oxygen atoms in total. The molecule has 0 radical (unpaired) electrons. The van der Waals surface area contributed by atoms with E-state index in [1.807, 2.05) is 6.07 Å². The van der Waals surface area contributed by atoms with Crippen molar-refractivity contribution < 1.29 is 10.2 Å². The Kier molecular flexibility index (Phi) is 3.30. The summed E-state index contributed by atoms with van der Waals surface area (Å²) < 4.78 is 0. The van der Waals surface area contributed by atoms with Gasteiger partial charge in [-0.25, -0.2) is 4.98 Å². The smallest absolute Gasteiger partial charge is 0.152 e. The molecular formula is C13H19ClN2O2. The maximum atomic E-state index is 10.1. The molecule has 0 amide bonds. The van der Waals surface area contributed by atoms with Gasteiger partial charge in [0.1, 0.15) is 5.60 Å². The summed E-state index contributed by atoms with van der Waals surface area (Å²) in [5, 5.41) is 22.9. The van der Waals surface area contributed by atoms with Crippen molar-refractivity contribution in [3.63, 3.8) is 0 Å². The van der Waals surface area contributed by atoms with Gasteiger partial charge >= 0.3 is 0 Å². The van der Waals surface area contributed by atoms with Crippen molar-refractivity contribution in [3.05, 3.63) is 22.5 Å². The lowest BCUT2D eigenvalue weighted by molar-refractivity contribution is -0.00594. The second-order valence-corrected chi connectivity index (χ2v) is 6.07. The molecule has 1 atom stereocenters. The fraction of sp³-hybridized carbons (Fsp3) is 0.615. The first-order valence-corrected chi connectivity index (χ1v) is 6.44. The van der Waals surface area contributed by atoms with E-state index in [4.69, 9.17) is 11.6 Å². The van der Waals surface area contributed by atoms with Gasteiger partial charge in [0.05, 0.1) is 18.0 Å². The van der Waals surface area contributed by atoms with Crippen molar-refractivity contribution in [2.45, 2.75) is 38.2 Å². The Labute approximate surface area is 112 Å². The number of hydrogen-bond acceptors (Lipinski definition) is 4. The molecule has 1 aliphatic heterocycles. The van der Waals surface area contributed by atoms with Crippen molar-refractivity contribution in [3.8, 4) is 0 Å². The fourth-order valence-corrected chi connectivity index (χ4v) is 2.47. The first-order valence-electron chi connectivity index (χ1n) is 6.06. The van der Waals surface area contributed by atoms with Crippen LogP contribution in [0, 0.1) is 0 Å². The Morgan fingerprint density at radius 1 is 1.56 bits per heavy atom. The van der Waals surface area contributed by atoms with E-state index in [0.29, 0.717) is 10.8 Å². The number of rotatable bonds is 2. The second-order valence-electron chi connectivity index (χ2n) is 5.71. The topological polar surface area (TPSA) is 65.4 Å². The largest absolute Gasteiger partial charge is 0.393 e. The molecule has 0 saturated carbocycles. The number of pyridine rings is 1. The van der Waals surface area contributed by atoms with Gasteiger partial charge in [0.15, 0.2) is 5.15 Å². The lowest BCUT2D eigenvalue weighted by Gasteiger charge is -2.35. The zero-order chi connectivity index (χ0) is 13.6. The molecule has 1 unspecified atom stereocenters. The molecular weight excluding hydrogens is 252 g/mol. The third-order valence-electron chi connectivity index (χ3n) is 3.62. The summed E-state index contributed by atoms with van der Waals surface area (Å²) >= 11 is 6.17. The molecule has 0 aliphatic carbocycles. The number of aliphatic hydroxyl groups excluding tert-OH is 1. The standard InChI is InChI=1S/C13H19ClN2O2/c1-12(2)4-5-15-10-8(12)6-9(16-11(10)14)13(3,18)7-17/h6,15,17-18H,4-5,7H2,1-3H3. The van der Waals surface area contributed by atoms with Crippen LogP contribution in [0.15, 0.2) is 6.07 Å². The molecule has 5 heteroatoms. The zero-order valence-corrected chi connectivity index (χ0v) is 11.7. The molecule has 0 fully saturated rings. The van der Waals surface area contributed by atoms with Crippen LogP contribution in [0.25, 0.3) is 0 Å². The molecule has 18 heavy (non-hydrogen) atoms. The van der Waals surface area contributed by atoms with E-state index in [9.17, 15) is 10.2 Å². The monoisotopic (exact) mass is 270 g/mol. The summed E-state index contributed by atoms with van der Waals surface area (Å²) in [6.45, 7) is 6.28. The lowest BCUT2D eigenvalue weighted by Crippen LogP contribution is -2.32. The van der Waals surface area contributed by atoms with Gasteiger partial charge in [-0.1, -0.05) is 25.4 Å². The zero-order valence-electron chi connectivity index (χ0n) is 10.9. The minimum Gasteiger partial charge on any atom is -0.393 e. The van der Waals surface area contributed by atoms with E-state index in [0.717, 1.165) is 24.2 Å². The van der Waals surface area contributed by atoms with Gasteiger partial charge in [-0.2, -0.15) is 0 Å². The third kappa shape index (κ3) is 2.20. The predicted molar refractivity (Wildman–Crippen MR) is 72.0 cm³/mol. The first-order chi connectivity index (χ1) is 8.28. The van der Waals surface area contributed by atoms with Crippen LogP contribution in [0.3, 0.4) is 0 Å². The second kappa shape index (κ2) is 4.37. The third-order valence-corrected chi connectivity index (χ3v) is 3.89. The van der Waals surface area contributed by atoms with E-state index in [1.54, 1.807) is 0 Å². The average Bonchev–Trinajstić information content (AvgIpc) is 2.29. The number of anilines is 1. The summed E-state index contributed by atoms with van der Waals surface area (Å²) in [5.41, 5.74) is 0.896. The van der Waals surface area contributed by atoms with Crippen LogP contribution in [-0.4, -0.2) is 28.3 Å². The van der Waals surface area contributed by atoms with Crippen LogP contribution in [-0.2, 0) is 11.0 Å². The molecule has 100 valence electrons. The summed E-state index contributed by atoms with van der Waals surface area (Å²) in [7, 11) is 0. The number of aliphatic hydroxyl groups is 2. The number of halogens is 1. The Morgan fingerprint density at radius 3 is 2.83 bits per heavy atom. The quantitative estimate of drug-likeness (QED) is 0.720. The highest BCUT2D eigenvalue weighted by Gasteiger charge is 2.33. The minimum atomic E-state index is -1.37. The maximum absolute atomic E-state index is 10.1. The lowest BCUT2D eigenvalue weighted by atomic mass is 9.78. The number of nitrogens with one attached hydrogen (secondary N) is 1. The Hall–Kier alpha value is -0.840.